The predicted octanol–water partition coefficient (Wildman–Crippen LogP) is 0.841. The molecular formula is C11H13F3N2O4S. The molecule has 0 saturated carbocycles. The fourth-order valence-corrected chi connectivity index (χ4v) is 2.30. The van der Waals surface area contributed by atoms with E-state index in [1.807, 2.05) is 0 Å². The summed E-state index contributed by atoms with van der Waals surface area (Å²) in [5.41, 5.74) is 0.337. The summed E-state index contributed by atoms with van der Waals surface area (Å²) in [5, 5.41) is 9.05. The van der Waals surface area contributed by atoms with Crippen molar-refractivity contribution in [3.8, 4) is 0 Å². The highest BCUT2D eigenvalue weighted by atomic mass is 32.2. The minimum absolute atomic E-state index is 0.337. The van der Waals surface area contributed by atoms with E-state index in [1.54, 1.807) is 22.9 Å². The average molecular weight is 326 g/mol. The Morgan fingerprint density at radius 3 is 2.24 bits per heavy atom. The van der Waals surface area contributed by atoms with E-state index in [-0.39, 0.29) is 0 Å². The van der Waals surface area contributed by atoms with Gasteiger partial charge in [0.25, 0.3) is 10.2 Å². The molecular weight excluding hydrogens is 313 g/mol. The van der Waals surface area contributed by atoms with Crippen molar-refractivity contribution in [1.29, 1.82) is 0 Å². The summed E-state index contributed by atoms with van der Waals surface area (Å²) in [5.74, 6) is -2.49. The van der Waals surface area contributed by atoms with E-state index in [2.05, 4.69) is 0 Å². The van der Waals surface area contributed by atoms with E-state index >= 15 is 0 Å². The molecule has 0 saturated heterocycles. The van der Waals surface area contributed by atoms with Crippen LogP contribution in [0.5, 0.6) is 0 Å². The van der Waals surface area contributed by atoms with Crippen molar-refractivity contribution in [2.24, 2.45) is 0 Å². The van der Waals surface area contributed by atoms with Crippen LogP contribution in [0.15, 0.2) is 30.3 Å². The highest BCUT2D eigenvalue weighted by molar-refractivity contribution is 7.87. The maximum atomic E-state index is 11.9. The summed E-state index contributed by atoms with van der Waals surface area (Å²) < 4.78 is 61.5. The molecule has 1 rings (SSSR count). The molecule has 0 aliphatic carbocycles. The Bertz CT molecular complexity index is 575. The molecule has 0 heterocycles. The lowest BCUT2D eigenvalue weighted by Crippen LogP contribution is -2.43. The van der Waals surface area contributed by atoms with Crippen LogP contribution >= 0.6 is 0 Å². The van der Waals surface area contributed by atoms with Crippen LogP contribution in [0.3, 0.4) is 0 Å². The van der Waals surface area contributed by atoms with Gasteiger partial charge < -0.3 is 5.11 Å². The number of carboxylic acid groups (broad SMARTS) is 1. The molecule has 0 bridgehead atoms. The Balaban J connectivity index is 2.68. The summed E-state index contributed by atoms with van der Waals surface area (Å²) in [6.45, 7) is -2.29. The van der Waals surface area contributed by atoms with Gasteiger partial charge in [0.15, 0.2) is 0 Å². The van der Waals surface area contributed by atoms with Gasteiger partial charge in [0.05, 0.1) is 5.92 Å². The molecule has 1 unspecified atom stereocenters. The van der Waals surface area contributed by atoms with Gasteiger partial charge >= 0.3 is 12.1 Å². The molecule has 0 aliphatic rings. The average Bonchev–Trinajstić information content (AvgIpc) is 2.37. The van der Waals surface area contributed by atoms with Gasteiger partial charge in [-0.25, -0.2) is 4.72 Å². The molecule has 6 nitrogen and oxygen atoms in total. The fraction of sp³-hybridized carbons (Fsp3) is 0.364. The van der Waals surface area contributed by atoms with Crippen molar-refractivity contribution in [2.45, 2.75) is 12.1 Å². The lowest BCUT2D eigenvalue weighted by atomic mass is 10.00. The normalized spacial score (nSPS) is 13.9. The molecule has 0 fully saturated rings. The third-order valence-electron chi connectivity index (χ3n) is 2.44. The number of halogens is 3. The zero-order valence-corrected chi connectivity index (χ0v) is 11.4. The Labute approximate surface area is 119 Å². The van der Waals surface area contributed by atoms with Crippen molar-refractivity contribution in [3.05, 3.63) is 35.9 Å². The summed E-state index contributed by atoms with van der Waals surface area (Å²) in [7, 11) is -4.43. The molecule has 21 heavy (non-hydrogen) atoms. The second kappa shape index (κ2) is 6.87. The van der Waals surface area contributed by atoms with Crippen LogP contribution in [0.25, 0.3) is 0 Å². The van der Waals surface area contributed by atoms with E-state index < -0.39 is 41.4 Å². The van der Waals surface area contributed by atoms with Crippen LogP contribution < -0.4 is 9.44 Å². The Hall–Kier alpha value is -1.65. The van der Waals surface area contributed by atoms with Gasteiger partial charge in [-0.1, -0.05) is 30.3 Å². The number of carbonyl (C=O) groups is 1. The molecule has 118 valence electrons. The van der Waals surface area contributed by atoms with Crippen molar-refractivity contribution < 1.29 is 31.5 Å². The summed E-state index contributed by atoms with van der Waals surface area (Å²) >= 11 is 0. The first kappa shape index (κ1) is 17.4. The molecule has 0 aromatic heterocycles. The van der Waals surface area contributed by atoms with Crippen molar-refractivity contribution in [2.75, 3.05) is 13.1 Å². The number of hydrogen-bond acceptors (Lipinski definition) is 3. The van der Waals surface area contributed by atoms with Gasteiger partial charge in [0.1, 0.15) is 6.54 Å². The van der Waals surface area contributed by atoms with E-state index in [0.717, 1.165) is 0 Å². The molecule has 0 aliphatic heterocycles. The fourth-order valence-electron chi connectivity index (χ4n) is 1.45. The van der Waals surface area contributed by atoms with E-state index in [0.29, 0.717) is 5.56 Å². The van der Waals surface area contributed by atoms with Gasteiger partial charge in [-0.15, -0.1) is 0 Å². The van der Waals surface area contributed by atoms with Gasteiger partial charge in [-0.3, -0.25) is 4.79 Å². The first-order valence-corrected chi connectivity index (χ1v) is 7.18. The number of aliphatic carboxylic acids is 1. The maximum absolute atomic E-state index is 11.9. The van der Waals surface area contributed by atoms with Gasteiger partial charge in [-0.2, -0.15) is 26.3 Å². The molecule has 10 heteroatoms. The zero-order valence-electron chi connectivity index (χ0n) is 10.6. The molecule has 1 aromatic carbocycles. The van der Waals surface area contributed by atoms with Gasteiger partial charge in [0.2, 0.25) is 0 Å². The topological polar surface area (TPSA) is 95.5 Å². The van der Waals surface area contributed by atoms with E-state index in [9.17, 15) is 26.4 Å². The third kappa shape index (κ3) is 6.56. The van der Waals surface area contributed by atoms with Crippen LogP contribution in [0.1, 0.15) is 11.5 Å². The van der Waals surface area contributed by atoms with Crippen LogP contribution in [0, 0.1) is 0 Å². The number of carboxylic acids is 1. The molecule has 1 atom stereocenters. The smallest absolute Gasteiger partial charge is 0.402 e. The first-order chi connectivity index (χ1) is 9.61. The number of hydrogen-bond donors (Lipinski definition) is 3. The quantitative estimate of drug-likeness (QED) is 0.692. The second-order valence-electron chi connectivity index (χ2n) is 4.09. The predicted molar refractivity (Wildman–Crippen MR) is 67.8 cm³/mol. The van der Waals surface area contributed by atoms with Gasteiger partial charge in [-0.05, 0) is 5.56 Å². The minimum Gasteiger partial charge on any atom is -0.481 e. The van der Waals surface area contributed by atoms with E-state index in [4.69, 9.17) is 5.11 Å². The van der Waals surface area contributed by atoms with Crippen LogP contribution in [-0.2, 0) is 15.0 Å². The third-order valence-corrected chi connectivity index (χ3v) is 3.51. The van der Waals surface area contributed by atoms with Crippen molar-refractivity contribution in [3.63, 3.8) is 0 Å². The van der Waals surface area contributed by atoms with Crippen LogP contribution in [0.2, 0.25) is 0 Å². The lowest BCUT2D eigenvalue weighted by Gasteiger charge is -2.15. The Morgan fingerprint density at radius 1 is 1.19 bits per heavy atom. The number of benzene rings is 1. The summed E-state index contributed by atoms with van der Waals surface area (Å²) in [6, 6.07) is 7.76. The minimum atomic E-state index is -4.69. The van der Waals surface area contributed by atoms with E-state index in [1.165, 1.54) is 16.9 Å². The molecule has 0 spiro atoms. The largest absolute Gasteiger partial charge is 0.481 e. The lowest BCUT2D eigenvalue weighted by molar-refractivity contribution is -0.138. The molecule has 0 radical (unpaired) electrons. The zero-order chi connectivity index (χ0) is 16.1. The highest BCUT2D eigenvalue weighted by Gasteiger charge is 2.30. The standard InChI is InChI=1S/C11H13F3N2O4S/c12-11(13,14)7-16-21(19,20)15-6-9(10(17)18)8-4-2-1-3-5-8/h1-5,9,15-16H,6-7H2,(H,17,18). The SMILES string of the molecule is O=C(O)C(CNS(=O)(=O)NCC(F)(F)F)c1ccccc1. The van der Waals surface area contributed by atoms with Crippen LogP contribution in [0.4, 0.5) is 13.2 Å². The molecule has 0 amide bonds. The van der Waals surface area contributed by atoms with Crippen LogP contribution in [-0.4, -0.2) is 38.8 Å². The number of rotatable bonds is 7. The van der Waals surface area contributed by atoms with Crippen molar-refractivity contribution >= 4 is 16.2 Å². The van der Waals surface area contributed by atoms with Crippen molar-refractivity contribution in [1.82, 2.24) is 9.44 Å². The van der Waals surface area contributed by atoms with Gasteiger partial charge in [0, 0.05) is 6.54 Å². The second-order valence-corrected chi connectivity index (χ2v) is 5.67. The monoisotopic (exact) mass is 326 g/mol. The number of nitrogens with one attached hydrogen (secondary N) is 2. The number of alkyl halides is 3. The first-order valence-electron chi connectivity index (χ1n) is 5.69. The highest BCUT2D eigenvalue weighted by Crippen LogP contribution is 2.15. The Kier molecular flexibility index (Phi) is 5.70. The maximum Gasteiger partial charge on any atom is 0.402 e. The molecule has 3 N–H and O–H groups in total. The molecule has 1 aromatic rings. The Morgan fingerprint density at radius 2 is 1.76 bits per heavy atom. The summed E-state index contributed by atoms with van der Waals surface area (Å²) in [6.07, 6.45) is -4.69. The summed E-state index contributed by atoms with van der Waals surface area (Å²) in [4.78, 5) is 11.1.